The number of rotatable bonds is 7. The molecule has 1 nitrogen and oxygen atoms in total. The van der Waals surface area contributed by atoms with E-state index in [4.69, 9.17) is 0 Å². The lowest BCUT2D eigenvalue weighted by atomic mass is 9.81. The molecular weight excluding hydrogens is 254 g/mol. The molecule has 1 N–H and O–H groups in total. The van der Waals surface area contributed by atoms with Crippen LogP contribution in [0, 0.1) is 11.3 Å². The molecule has 0 saturated heterocycles. The Bertz CT molecular complexity index is 428. The van der Waals surface area contributed by atoms with E-state index in [1.165, 1.54) is 29.5 Å². The van der Waals surface area contributed by atoms with Crippen molar-refractivity contribution < 1.29 is 0 Å². The summed E-state index contributed by atoms with van der Waals surface area (Å²) in [6.45, 7) is 13.9. The van der Waals surface area contributed by atoms with Crippen LogP contribution in [0.5, 0.6) is 0 Å². The fourth-order valence-corrected chi connectivity index (χ4v) is 3.44. The Labute approximate surface area is 132 Å². The van der Waals surface area contributed by atoms with E-state index in [1.54, 1.807) is 0 Å². The van der Waals surface area contributed by atoms with Gasteiger partial charge in [0.2, 0.25) is 0 Å². The van der Waals surface area contributed by atoms with Gasteiger partial charge in [0, 0.05) is 6.04 Å². The Morgan fingerprint density at radius 3 is 2.24 bits per heavy atom. The fraction of sp³-hybridized carbons (Fsp3) is 0.700. The summed E-state index contributed by atoms with van der Waals surface area (Å²) in [7, 11) is 2.10. The molecule has 1 aromatic rings. The monoisotopic (exact) mass is 289 g/mol. The number of benzene rings is 1. The number of aryl methyl sites for hydroxylation is 2. The van der Waals surface area contributed by atoms with Gasteiger partial charge >= 0.3 is 0 Å². The van der Waals surface area contributed by atoms with Gasteiger partial charge in [-0.3, -0.25) is 0 Å². The maximum atomic E-state index is 3.56. The van der Waals surface area contributed by atoms with Crippen molar-refractivity contribution in [1.29, 1.82) is 0 Å². The van der Waals surface area contributed by atoms with Crippen molar-refractivity contribution >= 4 is 0 Å². The van der Waals surface area contributed by atoms with Gasteiger partial charge in [-0.15, -0.1) is 0 Å². The summed E-state index contributed by atoms with van der Waals surface area (Å²) < 4.78 is 0. The van der Waals surface area contributed by atoms with Gasteiger partial charge in [-0.05, 0) is 60.8 Å². The number of hydrogen-bond donors (Lipinski definition) is 1. The second kappa shape index (κ2) is 7.98. The van der Waals surface area contributed by atoms with E-state index in [0.717, 1.165) is 18.8 Å². The minimum absolute atomic E-state index is 0.413. The minimum atomic E-state index is 0.413. The van der Waals surface area contributed by atoms with E-state index in [-0.39, 0.29) is 0 Å². The van der Waals surface area contributed by atoms with Crippen LogP contribution in [-0.4, -0.2) is 7.05 Å². The molecular formula is C20H35N. The van der Waals surface area contributed by atoms with Crippen molar-refractivity contribution in [2.24, 2.45) is 11.3 Å². The van der Waals surface area contributed by atoms with E-state index in [2.05, 4.69) is 72.1 Å². The molecule has 0 amide bonds. The Hall–Kier alpha value is -0.820. The third kappa shape index (κ3) is 5.82. The first-order valence-corrected chi connectivity index (χ1v) is 8.59. The molecule has 0 aromatic heterocycles. The quantitative estimate of drug-likeness (QED) is 0.695. The highest BCUT2D eigenvalue weighted by Crippen LogP contribution is 2.32. The molecule has 0 saturated carbocycles. The summed E-state index contributed by atoms with van der Waals surface area (Å²) in [4.78, 5) is 0. The van der Waals surface area contributed by atoms with Crippen molar-refractivity contribution in [3.05, 3.63) is 34.9 Å². The Kier molecular flexibility index (Phi) is 6.93. The molecule has 2 unspecified atom stereocenters. The van der Waals surface area contributed by atoms with Crippen LogP contribution < -0.4 is 5.32 Å². The predicted octanol–water partition coefficient (Wildman–Crippen LogP) is 5.53. The average molecular weight is 290 g/mol. The van der Waals surface area contributed by atoms with Crippen LogP contribution in [0.25, 0.3) is 0 Å². The lowest BCUT2D eigenvalue weighted by Gasteiger charge is -2.28. The van der Waals surface area contributed by atoms with Crippen LogP contribution in [0.3, 0.4) is 0 Å². The molecule has 0 aliphatic heterocycles. The zero-order valence-corrected chi connectivity index (χ0v) is 15.2. The molecule has 1 heteroatoms. The molecule has 0 aliphatic carbocycles. The normalized spacial score (nSPS) is 15.0. The highest BCUT2D eigenvalue weighted by Gasteiger charge is 2.20. The first-order chi connectivity index (χ1) is 9.80. The van der Waals surface area contributed by atoms with Crippen LogP contribution in [0.15, 0.2) is 18.2 Å². The van der Waals surface area contributed by atoms with E-state index in [0.29, 0.717) is 11.5 Å². The maximum absolute atomic E-state index is 3.56. The second-order valence-corrected chi connectivity index (χ2v) is 7.69. The van der Waals surface area contributed by atoms with Crippen molar-refractivity contribution in [3.8, 4) is 0 Å². The van der Waals surface area contributed by atoms with Gasteiger partial charge in [-0.2, -0.15) is 0 Å². The average Bonchev–Trinajstić information content (AvgIpc) is 2.42. The van der Waals surface area contributed by atoms with Gasteiger partial charge in [-0.1, -0.05) is 59.7 Å². The van der Waals surface area contributed by atoms with Crippen LogP contribution in [-0.2, 0) is 12.8 Å². The van der Waals surface area contributed by atoms with E-state index in [9.17, 15) is 0 Å². The molecule has 21 heavy (non-hydrogen) atoms. The molecule has 0 aliphatic rings. The summed E-state index contributed by atoms with van der Waals surface area (Å²) in [5.74, 6) is 0.734. The molecule has 0 fully saturated rings. The topological polar surface area (TPSA) is 12.0 Å². The summed E-state index contributed by atoms with van der Waals surface area (Å²) in [6.07, 6.45) is 4.73. The van der Waals surface area contributed by atoms with Gasteiger partial charge in [-0.25, -0.2) is 0 Å². The van der Waals surface area contributed by atoms with Gasteiger partial charge in [0.05, 0.1) is 0 Å². The maximum Gasteiger partial charge on any atom is 0.0322 e. The standard InChI is InChI=1S/C20H35N/c1-8-16-10-11-17(9-2)18(13-16)19(21-7)12-15(3)14-20(4,5)6/h10-11,13,15,19,21H,8-9,12,14H2,1-7H3. The van der Waals surface area contributed by atoms with Crippen molar-refractivity contribution in [1.82, 2.24) is 5.32 Å². The summed E-state index contributed by atoms with van der Waals surface area (Å²) in [5, 5.41) is 3.56. The molecule has 2 atom stereocenters. The Morgan fingerprint density at radius 1 is 1.10 bits per heavy atom. The molecule has 1 rings (SSSR count). The highest BCUT2D eigenvalue weighted by atomic mass is 14.9. The Morgan fingerprint density at radius 2 is 1.76 bits per heavy atom. The van der Waals surface area contributed by atoms with Gasteiger partial charge in [0.25, 0.3) is 0 Å². The summed E-state index contributed by atoms with van der Waals surface area (Å²) in [6, 6.07) is 7.51. The molecule has 0 bridgehead atoms. The van der Waals surface area contributed by atoms with Gasteiger partial charge in [0.15, 0.2) is 0 Å². The lowest BCUT2D eigenvalue weighted by molar-refractivity contribution is 0.278. The van der Waals surface area contributed by atoms with Crippen LogP contribution in [0.2, 0.25) is 0 Å². The van der Waals surface area contributed by atoms with Crippen molar-refractivity contribution in [2.75, 3.05) is 7.05 Å². The van der Waals surface area contributed by atoms with Crippen molar-refractivity contribution in [2.45, 2.75) is 73.3 Å². The summed E-state index contributed by atoms with van der Waals surface area (Å²) >= 11 is 0. The van der Waals surface area contributed by atoms with Crippen LogP contribution >= 0.6 is 0 Å². The third-order valence-corrected chi connectivity index (χ3v) is 4.32. The van der Waals surface area contributed by atoms with Gasteiger partial charge < -0.3 is 5.32 Å². The molecule has 0 heterocycles. The zero-order valence-electron chi connectivity index (χ0n) is 15.2. The van der Waals surface area contributed by atoms with E-state index < -0.39 is 0 Å². The molecule has 0 spiro atoms. The third-order valence-electron chi connectivity index (χ3n) is 4.32. The van der Waals surface area contributed by atoms with Crippen LogP contribution in [0.4, 0.5) is 0 Å². The Balaban J connectivity index is 2.93. The first-order valence-electron chi connectivity index (χ1n) is 8.59. The summed E-state index contributed by atoms with van der Waals surface area (Å²) in [5.41, 5.74) is 4.87. The van der Waals surface area contributed by atoms with E-state index in [1.807, 2.05) is 0 Å². The lowest BCUT2D eigenvalue weighted by Crippen LogP contribution is -2.22. The predicted molar refractivity (Wildman–Crippen MR) is 94.9 cm³/mol. The highest BCUT2D eigenvalue weighted by molar-refractivity contribution is 5.34. The van der Waals surface area contributed by atoms with Gasteiger partial charge in [0.1, 0.15) is 0 Å². The van der Waals surface area contributed by atoms with Crippen LogP contribution in [0.1, 0.15) is 77.1 Å². The van der Waals surface area contributed by atoms with E-state index >= 15 is 0 Å². The molecule has 0 radical (unpaired) electrons. The first kappa shape index (κ1) is 18.2. The molecule has 1 aromatic carbocycles. The molecule has 120 valence electrons. The number of nitrogens with one attached hydrogen (secondary N) is 1. The number of hydrogen-bond acceptors (Lipinski definition) is 1. The fourth-order valence-electron chi connectivity index (χ4n) is 3.44. The minimum Gasteiger partial charge on any atom is -0.313 e. The van der Waals surface area contributed by atoms with Crippen molar-refractivity contribution in [3.63, 3.8) is 0 Å². The largest absolute Gasteiger partial charge is 0.313 e. The zero-order chi connectivity index (χ0) is 16.0. The SMILES string of the molecule is CCc1ccc(CC)c(C(CC(C)CC(C)(C)C)NC)c1. The smallest absolute Gasteiger partial charge is 0.0322 e. The second-order valence-electron chi connectivity index (χ2n) is 7.69.